The third-order valence-electron chi connectivity index (χ3n) is 2.93. The van der Waals surface area contributed by atoms with Gasteiger partial charge in [0.05, 0.1) is 6.61 Å². The number of hydrogen-bond acceptors (Lipinski definition) is 3. The molecule has 0 spiro atoms. The van der Waals surface area contributed by atoms with Crippen LogP contribution < -0.4 is 15.4 Å². The first-order valence-corrected chi connectivity index (χ1v) is 7.93. The van der Waals surface area contributed by atoms with Gasteiger partial charge in [-0.25, -0.2) is 0 Å². The number of benzene rings is 1. The average molecular weight is 431 g/mol. The van der Waals surface area contributed by atoms with Crippen LogP contribution in [-0.2, 0) is 13.1 Å². The van der Waals surface area contributed by atoms with Gasteiger partial charge in [-0.2, -0.15) is 11.3 Å². The zero-order valence-electron chi connectivity index (χ0n) is 12.8. The summed E-state index contributed by atoms with van der Waals surface area (Å²) in [7, 11) is 1.78. The minimum atomic E-state index is 0. The van der Waals surface area contributed by atoms with Crippen molar-refractivity contribution in [1.29, 1.82) is 0 Å². The van der Waals surface area contributed by atoms with Gasteiger partial charge in [0.1, 0.15) is 5.75 Å². The van der Waals surface area contributed by atoms with Crippen molar-refractivity contribution in [2.75, 3.05) is 13.7 Å². The predicted molar refractivity (Wildman–Crippen MR) is 104 cm³/mol. The summed E-state index contributed by atoms with van der Waals surface area (Å²) in [4.78, 5) is 4.23. The van der Waals surface area contributed by atoms with E-state index in [0.717, 1.165) is 18.3 Å². The Bertz CT molecular complexity index is 573. The molecular formula is C16H22IN3OS. The Morgan fingerprint density at radius 1 is 1.18 bits per heavy atom. The number of nitrogens with zero attached hydrogens (tertiary/aromatic N) is 1. The van der Waals surface area contributed by atoms with Crippen LogP contribution in [0.25, 0.3) is 0 Å². The number of hydrogen-bond donors (Lipinski definition) is 2. The summed E-state index contributed by atoms with van der Waals surface area (Å²) in [6, 6.07) is 10.2. The zero-order valence-corrected chi connectivity index (χ0v) is 16.0. The molecule has 0 atom stereocenters. The number of nitrogens with one attached hydrogen (secondary N) is 2. The van der Waals surface area contributed by atoms with Gasteiger partial charge in [-0.1, -0.05) is 12.1 Å². The van der Waals surface area contributed by atoms with Gasteiger partial charge >= 0.3 is 0 Å². The van der Waals surface area contributed by atoms with Gasteiger partial charge in [-0.3, -0.25) is 4.99 Å². The maximum atomic E-state index is 5.50. The first-order valence-electron chi connectivity index (χ1n) is 6.99. The minimum absolute atomic E-state index is 0. The van der Waals surface area contributed by atoms with E-state index < -0.39 is 0 Å². The molecule has 0 aliphatic rings. The molecule has 0 saturated heterocycles. The number of aliphatic imine (C=N–C) groups is 1. The lowest BCUT2D eigenvalue weighted by atomic mass is 10.2. The minimum Gasteiger partial charge on any atom is -0.494 e. The fourth-order valence-corrected chi connectivity index (χ4v) is 2.57. The zero-order chi connectivity index (χ0) is 14.9. The summed E-state index contributed by atoms with van der Waals surface area (Å²) in [5.74, 6) is 1.70. The van der Waals surface area contributed by atoms with Crippen molar-refractivity contribution in [3.8, 4) is 5.75 Å². The first-order chi connectivity index (χ1) is 10.3. The van der Waals surface area contributed by atoms with Gasteiger partial charge in [0.25, 0.3) is 0 Å². The van der Waals surface area contributed by atoms with Gasteiger partial charge < -0.3 is 15.4 Å². The van der Waals surface area contributed by atoms with Crippen LogP contribution in [-0.4, -0.2) is 19.6 Å². The SMILES string of the molecule is CCOc1cccc(CNC(=NC)NCc2ccsc2)c1.I. The molecule has 0 unspecified atom stereocenters. The van der Waals surface area contributed by atoms with Crippen molar-refractivity contribution in [2.45, 2.75) is 20.0 Å². The second kappa shape index (κ2) is 10.4. The molecule has 4 nitrogen and oxygen atoms in total. The molecule has 0 aliphatic carbocycles. The van der Waals surface area contributed by atoms with Gasteiger partial charge in [0.2, 0.25) is 0 Å². The first kappa shape index (κ1) is 18.8. The molecule has 2 aromatic rings. The molecule has 1 aromatic carbocycles. The number of guanidine groups is 1. The molecule has 120 valence electrons. The highest BCUT2D eigenvalue weighted by atomic mass is 127. The lowest BCUT2D eigenvalue weighted by molar-refractivity contribution is 0.340. The molecule has 0 fully saturated rings. The fourth-order valence-electron chi connectivity index (χ4n) is 1.90. The molecule has 2 N–H and O–H groups in total. The molecular weight excluding hydrogens is 409 g/mol. The highest BCUT2D eigenvalue weighted by molar-refractivity contribution is 14.0. The molecule has 0 aliphatic heterocycles. The van der Waals surface area contributed by atoms with Crippen LogP contribution in [0.3, 0.4) is 0 Å². The van der Waals surface area contributed by atoms with Crippen molar-refractivity contribution < 1.29 is 4.74 Å². The fraction of sp³-hybridized carbons (Fsp3) is 0.312. The summed E-state index contributed by atoms with van der Waals surface area (Å²) in [6.07, 6.45) is 0. The van der Waals surface area contributed by atoms with E-state index in [-0.39, 0.29) is 24.0 Å². The summed E-state index contributed by atoms with van der Waals surface area (Å²) < 4.78 is 5.50. The van der Waals surface area contributed by atoms with E-state index in [1.807, 2.05) is 25.1 Å². The van der Waals surface area contributed by atoms with Gasteiger partial charge in [-0.05, 0) is 47.0 Å². The number of halogens is 1. The Kier molecular flexibility index (Phi) is 8.91. The molecule has 1 heterocycles. The third kappa shape index (κ3) is 6.23. The van der Waals surface area contributed by atoms with E-state index in [4.69, 9.17) is 4.74 Å². The topological polar surface area (TPSA) is 45.6 Å². The molecule has 1 aromatic heterocycles. The molecule has 0 bridgehead atoms. The quantitative estimate of drug-likeness (QED) is 0.417. The summed E-state index contributed by atoms with van der Waals surface area (Å²) in [6.45, 7) is 4.16. The molecule has 0 saturated carbocycles. The van der Waals surface area contributed by atoms with Crippen LogP contribution in [0.5, 0.6) is 5.75 Å². The van der Waals surface area contributed by atoms with E-state index in [1.165, 1.54) is 11.1 Å². The molecule has 22 heavy (non-hydrogen) atoms. The van der Waals surface area contributed by atoms with E-state index in [9.17, 15) is 0 Å². The average Bonchev–Trinajstić information content (AvgIpc) is 3.01. The van der Waals surface area contributed by atoms with Crippen LogP contribution in [0, 0.1) is 0 Å². The van der Waals surface area contributed by atoms with E-state index in [0.29, 0.717) is 13.2 Å². The highest BCUT2D eigenvalue weighted by Gasteiger charge is 2.00. The monoisotopic (exact) mass is 431 g/mol. The second-order valence-corrected chi connectivity index (χ2v) is 5.27. The van der Waals surface area contributed by atoms with Crippen LogP contribution in [0.2, 0.25) is 0 Å². The molecule has 2 rings (SSSR count). The summed E-state index contributed by atoms with van der Waals surface area (Å²) in [5.41, 5.74) is 2.43. The molecule has 0 radical (unpaired) electrons. The number of rotatable bonds is 6. The lowest BCUT2D eigenvalue weighted by Gasteiger charge is -2.12. The number of ether oxygens (including phenoxy) is 1. The van der Waals surface area contributed by atoms with Crippen LogP contribution in [0.15, 0.2) is 46.1 Å². The van der Waals surface area contributed by atoms with Gasteiger partial charge in [0, 0.05) is 20.1 Å². The number of thiophene rings is 1. The van der Waals surface area contributed by atoms with Crippen LogP contribution >= 0.6 is 35.3 Å². The largest absolute Gasteiger partial charge is 0.494 e. The Morgan fingerprint density at radius 2 is 1.95 bits per heavy atom. The van der Waals surface area contributed by atoms with Crippen LogP contribution in [0.4, 0.5) is 0 Å². The van der Waals surface area contributed by atoms with E-state index >= 15 is 0 Å². The van der Waals surface area contributed by atoms with Gasteiger partial charge in [0.15, 0.2) is 5.96 Å². The standard InChI is InChI=1S/C16H21N3OS.HI/c1-3-20-15-6-4-5-13(9-15)10-18-16(17-2)19-11-14-7-8-21-12-14;/h4-9,12H,3,10-11H2,1-2H3,(H2,17,18,19);1H. The van der Waals surface area contributed by atoms with E-state index in [1.54, 1.807) is 18.4 Å². The van der Waals surface area contributed by atoms with E-state index in [2.05, 4.69) is 38.5 Å². The predicted octanol–water partition coefficient (Wildman–Crippen LogP) is 3.63. The van der Waals surface area contributed by atoms with Crippen molar-refractivity contribution in [3.05, 3.63) is 52.2 Å². The summed E-state index contributed by atoms with van der Waals surface area (Å²) >= 11 is 1.70. The lowest BCUT2D eigenvalue weighted by Crippen LogP contribution is -2.36. The van der Waals surface area contributed by atoms with Crippen molar-refractivity contribution in [2.24, 2.45) is 4.99 Å². The smallest absolute Gasteiger partial charge is 0.191 e. The Labute approximate surface area is 153 Å². The molecule has 6 heteroatoms. The maximum absolute atomic E-state index is 5.50. The highest BCUT2D eigenvalue weighted by Crippen LogP contribution is 2.13. The Balaban J connectivity index is 0.00000242. The van der Waals surface area contributed by atoms with Gasteiger partial charge in [-0.15, -0.1) is 24.0 Å². The Morgan fingerprint density at radius 3 is 2.59 bits per heavy atom. The normalized spacial score (nSPS) is 10.7. The third-order valence-corrected chi connectivity index (χ3v) is 3.67. The second-order valence-electron chi connectivity index (χ2n) is 4.49. The van der Waals surface area contributed by atoms with Crippen molar-refractivity contribution in [1.82, 2.24) is 10.6 Å². The molecule has 0 amide bonds. The Hall–Kier alpha value is -1.28. The van der Waals surface area contributed by atoms with Crippen molar-refractivity contribution in [3.63, 3.8) is 0 Å². The maximum Gasteiger partial charge on any atom is 0.191 e. The van der Waals surface area contributed by atoms with Crippen molar-refractivity contribution >= 4 is 41.3 Å². The summed E-state index contributed by atoms with van der Waals surface area (Å²) in [5, 5.41) is 10.8. The van der Waals surface area contributed by atoms with Crippen LogP contribution in [0.1, 0.15) is 18.1 Å².